The average molecular weight is 469 g/mol. The molecule has 2 aromatic carbocycles. The molecule has 0 atom stereocenters. The van der Waals surface area contributed by atoms with E-state index in [0.29, 0.717) is 40.8 Å². The van der Waals surface area contributed by atoms with Crippen LogP contribution in [0.25, 0.3) is 0 Å². The van der Waals surface area contributed by atoms with E-state index in [4.69, 9.17) is 9.47 Å². The van der Waals surface area contributed by atoms with Crippen molar-refractivity contribution in [2.75, 3.05) is 13.7 Å². The fraction of sp³-hybridized carbons (Fsp3) is 0.308. The first-order chi connectivity index (χ1) is 16.3. The number of nitrogens with one attached hydrogen (secondary N) is 1. The van der Waals surface area contributed by atoms with Crippen LogP contribution in [0.4, 0.5) is 5.69 Å². The van der Waals surface area contributed by atoms with Gasteiger partial charge in [-0.2, -0.15) is 0 Å². The lowest BCUT2D eigenvalue weighted by Gasteiger charge is -2.26. The van der Waals surface area contributed by atoms with Gasteiger partial charge in [0.15, 0.2) is 24.2 Å². The minimum Gasteiger partial charge on any atom is -0.474 e. The molecule has 0 saturated heterocycles. The maximum Gasteiger partial charge on any atom is 0.317 e. The Hall–Kier alpha value is -3.94. The van der Waals surface area contributed by atoms with E-state index in [1.165, 1.54) is 7.11 Å². The zero-order valence-electron chi connectivity index (χ0n) is 20.5. The van der Waals surface area contributed by atoms with Gasteiger partial charge < -0.3 is 14.8 Å². The molecule has 0 bridgehead atoms. The molecular formula is C26H34N3O5+. The summed E-state index contributed by atoms with van der Waals surface area (Å²) in [5.41, 5.74) is 0.0504. The van der Waals surface area contributed by atoms with E-state index in [1.54, 1.807) is 74.7 Å². The third kappa shape index (κ3) is 8.54. The summed E-state index contributed by atoms with van der Waals surface area (Å²) >= 11 is 0. The maximum absolute atomic E-state index is 12.7. The highest BCUT2D eigenvalue weighted by Crippen LogP contribution is 2.34. The molecule has 0 aromatic heterocycles. The van der Waals surface area contributed by atoms with Crippen LogP contribution in [0.2, 0.25) is 0 Å². The molecule has 1 amide bonds. The van der Waals surface area contributed by atoms with Gasteiger partial charge in [-0.3, -0.25) is 9.79 Å². The largest absolute Gasteiger partial charge is 0.474 e. The summed E-state index contributed by atoms with van der Waals surface area (Å²) in [6, 6.07) is 13.4. The van der Waals surface area contributed by atoms with Crippen LogP contribution in [0.5, 0.6) is 17.2 Å². The first kappa shape index (κ1) is 28.1. The monoisotopic (exact) mass is 468 g/mol. The number of aliphatic imine (C=N–C) groups is 1. The number of allylic oxidation sites excluding steroid dienone is 1. The van der Waals surface area contributed by atoms with Crippen LogP contribution in [0.1, 0.15) is 34.1 Å². The topological polar surface area (TPSA) is 89.2 Å². The SMILES string of the molecule is C=C/C(=C\N=C)CCNC(=O)C(C)(C)Oc1ccccc1Oc1ccc([N+](=O)OC)cc1.CC. The molecule has 0 radical (unpaired) electrons. The van der Waals surface area contributed by atoms with Crippen LogP contribution in [-0.2, 0) is 9.63 Å². The van der Waals surface area contributed by atoms with Gasteiger partial charge >= 0.3 is 5.69 Å². The number of amides is 1. The van der Waals surface area contributed by atoms with Crippen molar-refractivity contribution >= 4 is 18.3 Å². The Morgan fingerprint density at radius 2 is 1.74 bits per heavy atom. The van der Waals surface area contributed by atoms with Gasteiger partial charge in [-0.25, -0.2) is 4.84 Å². The van der Waals surface area contributed by atoms with E-state index >= 15 is 0 Å². The summed E-state index contributed by atoms with van der Waals surface area (Å²) in [6.45, 7) is 14.9. The molecule has 0 aliphatic carbocycles. The highest BCUT2D eigenvalue weighted by atomic mass is 16.8. The predicted octanol–water partition coefficient (Wildman–Crippen LogP) is 5.91. The van der Waals surface area contributed by atoms with Crippen LogP contribution in [-0.4, -0.2) is 36.8 Å². The van der Waals surface area contributed by atoms with Crippen LogP contribution in [0, 0.1) is 4.91 Å². The second kappa shape index (κ2) is 14.3. The maximum atomic E-state index is 12.7. The van der Waals surface area contributed by atoms with Gasteiger partial charge in [-0.05, 0) is 56.8 Å². The van der Waals surface area contributed by atoms with Crippen molar-refractivity contribution in [2.24, 2.45) is 4.99 Å². The fourth-order valence-electron chi connectivity index (χ4n) is 2.68. The number of ether oxygens (including phenoxy) is 2. The summed E-state index contributed by atoms with van der Waals surface area (Å²) < 4.78 is 11.9. The minimum atomic E-state index is -1.15. The van der Waals surface area contributed by atoms with Crippen molar-refractivity contribution in [3.05, 3.63) is 77.9 Å². The molecule has 0 unspecified atom stereocenters. The highest BCUT2D eigenvalue weighted by Gasteiger charge is 2.30. The lowest BCUT2D eigenvalue weighted by molar-refractivity contribution is -0.736. The number of carbonyl (C=O) groups excluding carboxylic acids is 1. The zero-order chi connectivity index (χ0) is 25.6. The summed E-state index contributed by atoms with van der Waals surface area (Å²) in [6.07, 6.45) is 3.85. The first-order valence-electron chi connectivity index (χ1n) is 10.9. The van der Waals surface area contributed by atoms with Gasteiger partial charge in [0.25, 0.3) is 10.8 Å². The first-order valence-corrected chi connectivity index (χ1v) is 10.9. The minimum absolute atomic E-state index is 0.276. The van der Waals surface area contributed by atoms with Crippen molar-refractivity contribution in [3.8, 4) is 17.2 Å². The Morgan fingerprint density at radius 3 is 2.29 bits per heavy atom. The standard InChI is InChI=1S/C24H27N3O5.C2H6/c1-6-18(17-25-4)15-16-26-23(28)24(2,3)32-22-10-8-7-9-21(22)31-20-13-11-19(12-14-20)27(29)30-5;1-2/h6-14,17H,1,4,15-16H2,2-3,5H3;1-2H3/p+1/b18-17+;. The Kier molecular flexibility index (Phi) is 11.8. The fourth-order valence-corrected chi connectivity index (χ4v) is 2.68. The van der Waals surface area contributed by atoms with Gasteiger partial charge in [0.1, 0.15) is 5.75 Å². The van der Waals surface area contributed by atoms with Crippen molar-refractivity contribution < 1.29 is 24.0 Å². The van der Waals surface area contributed by atoms with Gasteiger partial charge in [-0.15, -0.1) is 0 Å². The number of benzene rings is 2. The summed E-state index contributed by atoms with van der Waals surface area (Å²) in [5.74, 6) is 1.06. The molecule has 1 N–H and O–H groups in total. The molecule has 0 saturated carbocycles. The summed E-state index contributed by atoms with van der Waals surface area (Å²) in [4.78, 5) is 32.9. The molecule has 34 heavy (non-hydrogen) atoms. The van der Waals surface area contributed by atoms with Crippen LogP contribution in [0.3, 0.4) is 0 Å². The van der Waals surface area contributed by atoms with Gasteiger partial charge in [0, 0.05) is 24.9 Å². The Bertz CT molecular complexity index is 998. The Balaban J connectivity index is 0.00000281. The molecule has 0 aliphatic heterocycles. The third-order valence-electron chi connectivity index (χ3n) is 4.42. The lowest BCUT2D eigenvalue weighted by atomic mass is 10.1. The smallest absolute Gasteiger partial charge is 0.317 e. The molecule has 8 nitrogen and oxygen atoms in total. The average Bonchev–Trinajstić information content (AvgIpc) is 2.85. The molecular weight excluding hydrogens is 434 g/mol. The van der Waals surface area contributed by atoms with Gasteiger partial charge in [0.05, 0.1) is 4.91 Å². The molecule has 2 rings (SSSR count). The van der Waals surface area contributed by atoms with E-state index < -0.39 is 5.60 Å². The second-order valence-corrected chi connectivity index (χ2v) is 7.19. The van der Waals surface area contributed by atoms with Crippen molar-refractivity contribution in [1.29, 1.82) is 0 Å². The molecule has 8 heteroatoms. The third-order valence-corrected chi connectivity index (χ3v) is 4.42. The number of para-hydroxylation sites is 2. The van der Waals surface area contributed by atoms with Gasteiger partial charge in [0.2, 0.25) is 0 Å². The van der Waals surface area contributed by atoms with E-state index in [9.17, 15) is 9.70 Å². The summed E-state index contributed by atoms with van der Waals surface area (Å²) in [7, 11) is 1.29. The van der Waals surface area contributed by atoms with E-state index in [-0.39, 0.29) is 5.91 Å². The molecule has 0 fully saturated rings. The van der Waals surface area contributed by atoms with E-state index in [0.717, 1.165) is 5.57 Å². The Morgan fingerprint density at radius 1 is 1.12 bits per heavy atom. The summed E-state index contributed by atoms with van der Waals surface area (Å²) in [5, 5.41) is 2.86. The van der Waals surface area contributed by atoms with Gasteiger partial charge in [-0.1, -0.05) is 38.6 Å². The molecule has 0 aliphatic rings. The quantitative estimate of drug-likeness (QED) is 0.238. The highest BCUT2D eigenvalue weighted by molar-refractivity contribution is 5.84. The second-order valence-electron chi connectivity index (χ2n) is 7.19. The number of carbonyl (C=O) groups is 1. The predicted molar refractivity (Wildman–Crippen MR) is 135 cm³/mol. The van der Waals surface area contributed by atoms with E-state index in [2.05, 4.69) is 28.4 Å². The number of nitrogens with zero attached hydrogens (tertiary/aromatic N) is 2. The van der Waals surface area contributed by atoms with Crippen LogP contribution >= 0.6 is 0 Å². The van der Waals surface area contributed by atoms with E-state index in [1.807, 2.05) is 13.8 Å². The normalized spacial score (nSPS) is 10.8. The molecule has 0 spiro atoms. The number of rotatable bonds is 12. The van der Waals surface area contributed by atoms with Crippen molar-refractivity contribution in [1.82, 2.24) is 5.32 Å². The van der Waals surface area contributed by atoms with Crippen molar-refractivity contribution in [2.45, 2.75) is 39.7 Å². The molecule has 0 heterocycles. The Labute approximate surface area is 201 Å². The number of hydrogen-bond acceptors (Lipinski definition) is 6. The molecule has 182 valence electrons. The van der Waals surface area contributed by atoms with Crippen LogP contribution in [0.15, 0.2) is 78.0 Å². The molecule has 2 aromatic rings. The van der Waals surface area contributed by atoms with Crippen molar-refractivity contribution in [3.63, 3.8) is 0 Å². The lowest BCUT2D eigenvalue weighted by Crippen LogP contribution is -2.46. The zero-order valence-corrected chi connectivity index (χ0v) is 20.5. The number of hydrogen-bond donors (Lipinski definition) is 1. The van der Waals surface area contributed by atoms with Crippen LogP contribution < -0.4 is 14.8 Å².